The fourth-order valence-corrected chi connectivity index (χ4v) is 2.54. The van der Waals surface area contributed by atoms with E-state index in [0.717, 1.165) is 16.8 Å². The maximum Gasteiger partial charge on any atom is 0.225 e. The first-order valence-corrected chi connectivity index (χ1v) is 6.27. The largest absolute Gasteiger partial charge is 0.493 e. The molecule has 6 heteroatoms. The van der Waals surface area contributed by atoms with E-state index in [2.05, 4.69) is 15.5 Å². The number of H-pyrrole nitrogens is 1. The molecule has 2 aromatic rings. The van der Waals surface area contributed by atoms with Crippen LogP contribution in [0.3, 0.4) is 0 Å². The molecule has 6 nitrogen and oxygen atoms in total. The predicted molar refractivity (Wildman–Crippen MR) is 73.2 cm³/mol. The third-order valence-electron chi connectivity index (χ3n) is 3.52. The Morgan fingerprint density at radius 2 is 2.00 bits per heavy atom. The van der Waals surface area contributed by atoms with Crippen molar-refractivity contribution >= 4 is 11.6 Å². The minimum Gasteiger partial charge on any atom is -0.493 e. The molecule has 1 unspecified atom stereocenters. The number of rotatable bonds is 3. The van der Waals surface area contributed by atoms with Crippen LogP contribution < -0.4 is 14.8 Å². The van der Waals surface area contributed by atoms with Crippen molar-refractivity contribution in [3.05, 3.63) is 35.7 Å². The summed E-state index contributed by atoms with van der Waals surface area (Å²) in [4.78, 5) is 11.9. The van der Waals surface area contributed by atoms with Gasteiger partial charge >= 0.3 is 0 Å². The monoisotopic (exact) mass is 273 g/mol. The van der Waals surface area contributed by atoms with Crippen LogP contribution in [0.1, 0.15) is 23.5 Å². The molecule has 1 atom stereocenters. The summed E-state index contributed by atoms with van der Waals surface area (Å²) in [5, 5.41) is 9.62. The Labute approximate surface area is 116 Å². The summed E-state index contributed by atoms with van der Waals surface area (Å²) in [6.45, 7) is 0. The fourth-order valence-electron chi connectivity index (χ4n) is 2.54. The van der Waals surface area contributed by atoms with E-state index < -0.39 is 0 Å². The highest BCUT2D eigenvalue weighted by atomic mass is 16.5. The lowest BCUT2D eigenvalue weighted by Crippen LogP contribution is -2.23. The number of aromatic amines is 1. The first-order chi connectivity index (χ1) is 9.72. The predicted octanol–water partition coefficient (Wildman–Crippen LogP) is 1.90. The average Bonchev–Trinajstić information content (AvgIpc) is 2.98. The van der Waals surface area contributed by atoms with Gasteiger partial charge in [0.1, 0.15) is 0 Å². The van der Waals surface area contributed by atoms with Gasteiger partial charge in [-0.15, -0.1) is 0 Å². The summed E-state index contributed by atoms with van der Waals surface area (Å²) >= 11 is 0. The first kappa shape index (κ1) is 12.5. The van der Waals surface area contributed by atoms with Gasteiger partial charge in [0.2, 0.25) is 5.91 Å². The van der Waals surface area contributed by atoms with E-state index in [1.165, 1.54) is 0 Å². The van der Waals surface area contributed by atoms with Crippen LogP contribution in [0.4, 0.5) is 5.69 Å². The summed E-state index contributed by atoms with van der Waals surface area (Å²) in [5.74, 6) is 1.20. The summed E-state index contributed by atoms with van der Waals surface area (Å²) in [7, 11) is 3.17. The number of hydrogen-bond acceptors (Lipinski definition) is 4. The first-order valence-electron chi connectivity index (χ1n) is 6.27. The van der Waals surface area contributed by atoms with Gasteiger partial charge < -0.3 is 14.8 Å². The highest BCUT2D eigenvalue weighted by Crippen LogP contribution is 2.42. The highest BCUT2D eigenvalue weighted by molar-refractivity contribution is 5.96. The number of benzene rings is 1. The maximum absolute atomic E-state index is 11.9. The number of fused-ring (bicyclic) bond motifs is 1. The molecule has 1 aromatic heterocycles. The molecule has 1 amide bonds. The van der Waals surface area contributed by atoms with Crippen LogP contribution in [0.2, 0.25) is 0 Å². The number of aromatic nitrogens is 2. The van der Waals surface area contributed by atoms with Gasteiger partial charge in [-0.3, -0.25) is 9.89 Å². The summed E-state index contributed by atoms with van der Waals surface area (Å²) in [6.07, 6.45) is 3.94. The Kier molecular flexibility index (Phi) is 3.06. The number of nitrogens with one attached hydrogen (secondary N) is 2. The Hall–Kier alpha value is -2.50. The molecule has 2 N–H and O–H groups in total. The van der Waals surface area contributed by atoms with Crippen LogP contribution >= 0.6 is 0 Å². The van der Waals surface area contributed by atoms with Gasteiger partial charge in [0.05, 0.1) is 20.4 Å². The SMILES string of the molecule is COc1cc2c(cc1OC)C(c1cn[nH]c1)CC(=O)N2. The smallest absolute Gasteiger partial charge is 0.225 e. The molecule has 0 fully saturated rings. The van der Waals surface area contributed by atoms with Crippen molar-refractivity contribution in [1.82, 2.24) is 10.2 Å². The molecule has 2 heterocycles. The normalized spacial score (nSPS) is 17.3. The van der Waals surface area contributed by atoms with Crippen molar-refractivity contribution in [3.63, 3.8) is 0 Å². The van der Waals surface area contributed by atoms with Crippen molar-refractivity contribution < 1.29 is 14.3 Å². The second kappa shape index (κ2) is 4.88. The molecule has 1 aliphatic rings. The van der Waals surface area contributed by atoms with Crippen LogP contribution in [0.15, 0.2) is 24.5 Å². The van der Waals surface area contributed by atoms with Gasteiger partial charge in [0.15, 0.2) is 11.5 Å². The highest BCUT2D eigenvalue weighted by Gasteiger charge is 2.28. The summed E-state index contributed by atoms with van der Waals surface area (Å²) in [5.41, 5.74) is 2.74. The zero-order chi connectivity index (χ0) is 14.1. The zero-order valence-electron chi connectivity index (χ0n) is 11.3. The molecular weight excluding hydrogens is 258 g/mol. The van der Waals surface area contributed by atoms with E-state index >= 15 is 0 Å². The number of hydrogen-bond donors (Lipinski definition) is 2. The van der Waals surface area contributed by atoms with Crippen molar-refractivity contribution in [2.75, 3.05) is 19.5 Å². The molecule has 0 saturated heterocycles. The van der Waals surface area contributed by atoms with E-state index in [-0.39, 0.29) is 11.8 Å². The molecule has 0 saturated carbocycles. The Bertz CT molecular complexity index is 637. The van der Waals surface area contributed by atoms with Crippen LogP contribution in [-0.2, 0) is 4.79 Å². The number of ether oxygens (including phenoxy) is 2. The molecule has 0 bridgehead atoms. The van der Waals surface area contributed by atoms with Crippen molar-refractivity contribution in [1.29, 1.82) is 0 Å². The molecule has 0 spiro atoms. The van der Waals surface area contributed by atoms with Crippen LogP contribution in [0.25, 0.3) is 0 Å². The molecule has 0 aliphatic carbocycles. The Balaban J connectivity index is 2.13. The fraction of sp³-hybridized carbons (Fsp3) is 0.286. The van der Waals surface area contributed by atoms with Crippen molar-refractivity contribution in [3.8, 4) is 11.5 Å². The molecule has 1 aliphatic heterocycles. The number of carbonyl (C=O) groups is 1. The van der Waals surface area contributed by atoms with Crippen LogP contribution in [0.5, 0.6) is 11.5 Å². The molecule has 0 radical (unpaired) electrons. The zero-order valence-corrected chi connectivity index (χ0v) is 11.3. The van der Waals surface area contributed by atoms with Gasteiger partial charge in [-0.25, -0.2) is 0 Å². The molecule has 1 aromatic carbocycles. The minimum absolute atomic E-state index is 0.0177. The van der Waals surface area contributed by atoms with Gasteiger partial charge in [0.25, 0.3) is 0 Å². The molecular formula is C14H15N3O3. The van der Waals surface area contributed by atoms with Gasteiger partial charge in [-0.1, -0.05) is 0 Å². The molecule has 20 heavy (non-hydrogen) atoms. The number of carbonyl (C=O) groups excluding carboxylic acids is 1. The third kappa shape index (κ3) is 1.99. The average molecular weight is 273 g/mol. The topological polar surface area (TPSA) is 76.2 Å². The third-order valence-corrected chi connectivity index (χ3v) is 3.52. The Morgan fingerprint density at radius 3 is 2.65 bits per heavy atom. The van der Waals surface area contributed by atoms with E-state index in [0.29, 0.717) is 17.9 Å². The van der Waals surface area contributed by atoms with Gasteiger partial charge in [0, 0.05) is 30.3 Å². The molecule has 3 rings (SSSR count). The van der Waals surface area contributed by atoms with E-state index in [4.69, 9.17) is 9.47 Å². The number of methoxy groups -OCH3 is 2. The number of nitrogens with zero attached hydrogens (tertiary/aromatic N) is 1. The van der Waals surface area contributed by atoms with E-state index in [1.807, 2.05) is 12.3 Å². The lowest BCUT2D eigenvalue weighted by Gasteiger charge is -2.26. The lowest BCUT2D eigenvalue weighted by atomic mass is 9.86. The number of anilines is 1. The second-order valence-electron chi connectivity index (χ2n) is 4.63. The van der Waals surface area contributed by atoms with Crippen LogP contribution in [0, 0.1) is 0 Å². The van der Waals surface area contributed by atoms with Gasteiger partial charge in [-0.2, -0.15) is 5.10 Å². The standard InChI is InChI=1S/C14H15N3O3/c1-19-12-3-10-9(8-6-15-16-7-8)4-14(18)17-11(10)5-13(12)20-2/h3,5-7,9H,4H2,1-2H3,(H,15,16)(H,17,18). The summed E-state index contributed by atoms with van der Waals surface area (Å²) < 4.78 is 10.6. The number of amides is 1. The minimum atomic E-state index is -0.0303. The van der Waals surface area contributed by atoms with E-state index in [9.17, 15) is 4.79 Å². The summed E-state index contributed by atoms with van der Waals surface area (Å²) in [6, 6.07) is 3.70. The van der Waals surface area contributed by atoms with E-state index in [1.54, 1.807) is 26.5 Å². The quantitative estimate of drug-likeness (QED) is 0.895. The maximum atomic E-state index is 11.9. The second-order valence-corrected chi connectivity index (χ2v) is 4.63. The van der Waals surface area contributed by atoms with Gasteiger partial charge in [-0.05, 0) is 17.2 Å². The lowest BCUT2D eigenvalue weighted by molar-refractivity contribution is -0.116. The van der Waals surface area contributed by atoms with Crippen molar-refractivity contribution in [2.24, 2.45) is 0 Å². The van der Waals surface area contributed by atoms with Crippen LogP contribution in [-0.4, -0.2) is 30.3 Å². The Morgan fingerprint density at radius 1 is 1.25 bits per heavy atom. The molecule has 104 valence electrons. The van der Waals surface area contributed by atoms with Crippen molar-refractivity contribution in [2.45, 2.75) is 12.3 Å².